The highest BCUT2D eigenvalue weighted by Gasteiger charge is 2.24. The van der Waals surface area contributed by atoms with Crippen LogP contribution in [0.15, 0.2) is 97.5 Å². The SMILES string of the molecule is N#Cc1c(NC(=O)CSc2nnc(-c3ccco3)o2)oc(-c2ccccc2)c1-c1ccccc1. The van der Waals surface area contributed by atoms with Crippen molar-refractivity contribution in [3.63, 3.8) is 0 Å². The van der Waals surface area contributed by atoms with Crippen LogP contribution < -0.4 is 5.32 Å². The lowest BCUT2D eigenvalue weighted by atomic mass is 9.98. The molecule has 8 nitrogen and oxygen atoms in total. The van der Waals surface area contributed by atoms with E-state index in [1.54, 1.807) is 12.1 Å². The first-order valence-corrected chi connectivity index (χ1v) is 11.2. The van der Waals surface area contributed by atoms with Crippen LogP contribution in [0.4, 0.5) is 5.88 Å². The van der Waals surface area contributed by atoms with E-state index in [2.05, 4.69) is 21.6 Å². The molecule has 0 unspecified atom stereocenters. The summed E-state index contributed by atoms with van der Waals surface area (Å²) in [4.78, 5) is 12.7. The largest absolute Gasteiger partial charge is 0.459 e. The standard InChI is InChI=1S/C25H16N4O4S/c26-14-18-21(16-8-3-1-4-9-16)22(17-10-5-2-6-11-17)32-23(18)27-20(30)15-34-25-29-28-24(33-25)19-12-7-13-31-19/h1-13H,15H2,(H,27,30). The van der Waals surface area contributed by atoms with Gasteiger partial charge in [0.1, 0.15) is 17.4 Å². The number of hydrogen-bond donors (Lipinski definition) is 1. The zero-order chi connectivity index (χ0) is 23.3. The topological polar surface area (TPSA) is 118 Å². The molecule has 0 saturated heterocycles. The van der Waals surface area contributed by atoms with Gasteiger partial charge in [-0.2, -0.15) is 5.26 Å². The van der Waals surface area contributed by atoms with Gasteiger partial charge in [0, 0.05) is 11.1 Å². The molecule has 1 amide bonds. The molecule has 34 heavy (non-hydrogen) atoms. The van der Waals surface area contributed by atoms with Gasteiger partial charge < -0.3 is 13.3 Å². The molecule has 0 atom stereocenters. The van der Waals surface area contributed by atoms with Crippen molar-refractivity contribution < 1.29 is 18.0 Å². The first-order chi connectivity index (χ1) is 16.7. The quantitative estimate of drug-likeness (QED) is 0.295. The molecule has 0 spiro atoms. The van der Waals surface area contributed by atoms with Crippen LogP contribution in [0, 0.1) is 11.3 Å². The van der Waals surface area contributed by atoms with Gasteiger partial charge in [-0.25, -0.2) is 0 Å². The van der Waals surface area contributed by atoms with Crippen LogP contribution in [0.3, 0.4) is 0 Å². The number of hydrogen-bond acceptors (Lipinski definition) is 8. The number of nitrogens with zero attached hydrogens (tertiary/aromatic N) is 3. The van der Waals surface area contributed by atoms with E-state index in [-0.39, 0.29) is 34.2 Å². The second kappa shape index (κ2) is 9.52. The van der Waals surface area contributed by atoms with Crippen molar-refractivity contribution in [3.05, 3.63) is 84.6 Å². The van der Waals surface area contributed by atoms with Gasteiger partial charge in [0.25, 0.3) is 11.1 Å². The number of amides is 1. The average Bonchev–Trinajstić information content (AvgIpc) is 3.63. The van der Waals surface area contributed by atoms with Crippen molar-refractivity contribution in [2.24, 2.45) is 0 Å². The lowest BCUT2D eigenvalue weighted by molar-refractivity contribution is -0.113. The predicted molar refractivity (Wildman–Crippen MR) is 126 cm³/mol. The number of furan rings is 2. The molecule has 0 fully saturated rings. The van der Waals surface area contributed by atoms with E-state index in [1.807, 2.05) is 60.7 Å². The van der Waals surface area contributed by atoms with Gasteiger partial charge in [-0.3, -0.25) is 10.1 Å². The molecule has 2 aromatic carbocycles. The van der Waals surface area contributed by atoms with Crippen LogP contribution in [-0.2, 0) is 4.79 Å². The van der Waals surface area contributed by atoms with Gasteiger partial charge >= 0.3 is 0 Å². The summed E-state index contributed by atoms with van der Waals surface area (Å²) in [7, 11) is 0. The maximum atomic E-state index is 12.7. The molecule has 1 N–H and O–H groups in total. The Morgan fingerprint density at radius 1 is 0.941 bits per heavy atom. The van der Waals surface area contributed by atoms with Gasteiger partial charge in [-0.05, 0) is 17.7 Å². The monoisotopic (exact) mass is 468 g/mol. The smallest absolute Gasteiger partial charge is 0.284 e. The van der Waals surface area contributed by atoms with Crippen molar-refractivity contribution >= 4 is 23.6 Å². The molecule has 3 aromatic heterocycles. The second-order valence-corrected chi connectivity index (χ2v) is 7.97. The van der Waals surface area contributed by atoms with Gasteiger partial charge in [0.05, 0.1) is 12.0 Å². The molecular formula is C25H16N4O4S. The third-order valence-electron chi connectivity index (χ3n) is 4.84. The first-order valence-electron chi connectivity index (χ1n) is 10.2. The van der Waals surface area contributed by atoms with E-state index in [0.717, 1.165) is 22.9 Å². The molecular weight excluding hydrogens is 452 g/mol. The summed E-state index contributed by atoms with van der Waals surface area (Å²) in [6.45, 7) is 0. The molecule has 0 bridgehead atoms. The van der Waals surface area contributed by atoms with Crippen molar-refractivity contribution in [2.45, 2.75) is 5.22 Å². The van der Waals surface area contributed by atoms with Gasteiger partial charge in [0.2, 0.25) is 11.8 Å². The molecule has 3 heterocycles. The maximum absolute atomic E-state index is 12.7. The van der Waals surface area contributed by atoms with Gasteiger partial charge in [0.15, 0.2) is 5.76 Å². The Kier molecular flexibility index (Phi) is 5.97. The number of thioether (sulfide) groups is 1. The Morgan fingerprint density at radius 2 is 1.68 bits per heavy atom. The fourth-order valence-electron chi connectivity index (χ4n) is 3.36. The molecule has 0 saturated carbocycles. The van der Waals surface area contributed by atoms with Crippen LogP contribution >= 0.6 is 11.8 Å². The zero-order valence-electron chi connectivity index (χ0n) is 17.6. The average molecular weight is 468 g/mol. The second-order valence-electron chi connectivity index (χ2n) is 7.04. The lowest BCUT2D eigenvalue weighted by Crippen LogP contribution is -2.14. The van der Waals surface area contributed by atoms with Crippen LogP contribution in [0.2, 0.25) is 0 Å². The minimum absolute atomic E-state index is 0.0211. The van der Waals surface area contributed by atoms with E-state index in [1.165, 1.54) is 6.26 Å². The Balaban J connectivity index is 1.39. The summed E-state index contributed by atoms with van der Waals surface area (Å²) < 4.78 is 16.8. The number of carbonyl (C=O) groups is 1. The molecule has 0 aliphatic carbocycles. The van der Waals surface area contributed by atoms with E-state index >= 15 is 0 Å². The predicted octanol–water partition coefficient (Wildman–Crippen LogP) is 5.86. The van der Waals surface area contributed by atoms with Crippen LogP contribution in [-0.4, -0.2) is 21.9 Å². The normalized spacial score (nSPS) is 10.7. The van der Waals surface area contributed by atoms with E-state index in [9.17, 15) is 10.1 Å². The molecule has 0 aliphatic heterocycles. The van der Waals surface area contributed by atoms with Crippen molar-refractivity contribution in [1.29, 1.82) is 5.26 Å². The molecule has 9 heteroatoms. The van der Waals surface area contributed by atoms with Crippen molar-refractivity contribution in [2.75, 3.05) is 11.1 Å². The number of nitriles is 1. The highest BCUT2D eigenvalue weighted by molar-refractivity contribution is 7.99. The number of anilines is 1. The molecule has 0 aliphatic rings. The van der Waals surface area contributed by atoms with E-state index in [4.69, 9.17) is 13.3 Å². The third kappa shape index (κ3) is 4.35. The first kappa shape index (κ1) is 21.3. The number of benzene rings is 2. The molecule has 5 aromatic rings. The Labute approximate surface area is 198 Å². The summed E-state index contributed by atoms with van der Waals surface area (Å²) >= 11 is 1.06. The summed E-state index contributed by atoms with van der Waals surface area (Å²) in [6.07, 6.45) is 1.50. The maximum Gasteiger partial charge on any atom is 0.284 e. The number of aromatic nitrogens is 2. The Morgan fingerprint density at radius 3 is 2.35 bits per heavy atom. The molecule has 5 rings (SSSR count). The minimum atomic E-state index is -0.382. The van der Waals surface area contributed by atoms with E-state index in [0.29, 0.717) is 17.1 Å². The van der Waals surface area contributed by atoms with Gasteiger partial charge in [-0.1, -0.05) is 72.4 Å². The number of nitrogens with one attached hydrogen (secondary N) is 1. The highest BCUT2D eigenvalue weighted by atomic mass is 32.2. The fraction of sp³-hybridized carbons (Fsp3) is 0.0400. The minimum Gasteiger partial charge on any atom is -0.459 e. The lowest BCUT2D eigenvalue weighted by Gasteiger charge is -2.03. The number of carbonyl (C=O) groups excluding carboxylic acids is 1. The third-order valence-corrected chi connectivity index (χ3v) is 5.66. The summed E-state index contributed by atoms with van der Waals surface area (Å²) in [5.74, 6) is 0.865. The fourth-order valence-corrected chi connectivity index (χ4v) is 3.92. The van der Waals surface area contributed by atoms with Crippen LogP contribution in [0.1, 0.15) is 5.56 Å². The van der Waals surface area contributed by atoms with Crippen LogP contribution in [0.5, 0.6) is 0 Å². The van der Waals surface area contributed by atoms with Crippen LogP contribution in [0.25, 0.3) is 34.1 Å². The van der Waals surface area contributed by atoms with E-state index < -0.39 is 0 Å². The summed E-state index contributed by atoms with van der Waals surface area (Å²) in [6, 6.07) is 24.5. The summed E-state index contributed by atoms with van der Waals surface area (Å²) in [5, 5.41) is 20.7. The zero-order valence-corrected chi connectivity index (χ0v) is 18.4. The van der Waals surface area contributed by atoms with Crippen molar-refractivity contribution in [3.8, 4) is 40.2 Å². The Hall–Kier alpha value is -4.55. The van der Waals surface area contributed by atoms with Crippen molar-refractivity contribution in [1.82, 2.24) is 10.2 Å². The Bertz CT molecular complexity index is 1450. The number of rotatable bonds is 7. The van der Waals surface area contributed by atoms with Gasteiger partial charge in [-0.15, -0.1) is 10.2 Å². The highest BCUT2D eigenvalue weighted by Crippen LogP contribution is 2.41. The molecule has 0 radical (unpaired) electrons. The summed E-state index contributed by atoms with van der Waals surface area (Å²) in [5.41, 5.74) is 2.48. The molecule has 166 valence electrons.